The molecule has 12 aromatic rings. The van der Waals surface area contributed by atoms with E-state index >= 15 is 0 Å². The zero-order valence-electron chi connectivity index (χ0n) is 30.7. The van der Waals surface area contributed by atoms with Crippen molar-refractivity contribution in [3.8, 4) is 45.3 Å². The Morgan fingerprint density at radius 1 is 0.351 bits per heavy atom. The second kappa shape index (κ2) is 12.4. The fourth-order valence-electron chi connectivity index (χ4n) is 8.76. The van der Waals surface area contributed by atoms with E-state index in [4.69, 9.17) is 14.4 Å². The molecule has 57 heavy (non-hydrogen) atoms. The number of furan rings is 1. The highest BCUT2D eigenvalue weighted by atomic mass is 16.3. The van der Waals surface area contributed by atoms with Crippen LogP contribution < -0.4 is 0 Å². The van der Waals surface area contributed by atoms with Gasteiger partial charge in [0, 0.05) is 55.2 Å². The lowest BCUT2D eigenvalue weighted by Gasteiger charge is -2.14. The predicted octanol–water partition coefficient (Wildman–Crippen LogP) is 13.6. The van der Waals surface area contributed by atoms with Gasteiger partial charge in [-0.2, -0.15) is 0 Å². The molecule has 5 nitrogen and oxygen atoms in total. The molecule has 5 heteroatoms. The van der Waals surface area contributed by atoms with Crippen molar-refractivity contribution in [2.75, 3.05) is 0 Å². The first-order valence-corrected chi connectivity index (χ1v) is 19.2. The molecular weight excluding hydrogens is 697 g/mol. The lowest BCUT2D eigenvalue weighted by molar-refractivity contribution is 0.669. The van der Waals surface area contributed by atoms with Gasteiger partial charge in [-0.1, -0.05) is 140 Å². The molecule has 8 aromatic carbocycles. The van der Waals surface area contributed by atoms with Crippen LogP contribution in [0.2, 0.25) is 0 Å². The van der Waals surface area contributed by atoms with Crippen molar-refractivity contribution < 1.29 is 4.42 Å². The Morgan fingerprint density at radius 3 is 1.70 bits per heavy atom. The molecule has 266 valence electrons. The zero-order chi connectivity index (χ0) is 37.5. The molecule has 0 saturated carbocycles. The predicted molar refractivity (Wildman–Crippen MR) is 234 cm³/mol. The molecule has 0 amide bonds. The number of fused-ring (bicyclic) bond motifs is 10. The minimum atomic E-state index is 0.645. The van der Waals surface area contributed by atoms with Gasteiger partial charge in [0.1, 0.15) is 17.0 Å². The van der Waals surface area contributed by atoms with Crippen molar-refractivity contribution in [2.45, 2.75) is 0 Å². The SMILES string of the molecule is c1ccc(-c2cccc(-c3nc(-c4ccc5c(c4)oc4ccccc45)cc(-n4c5ccccc5c5ccc6c7ccccc7n(-c7ccccc7)c6c54)n3)c2)cc1. The highest BCUT2D eigenvalue weighted by Crippen LogP contribution is 2.42. The molecule has 0 atom stereocenters. The third kappa shape index (κ3) is 4.89. The standard InChI is InChI=1S/C52H32N4O/c1-3-14-33(15-4-1)34-16-13-17-36(30-34)52-53-44(35-26-27-41-40-22-9-12-25-47(40)57-48(41)31-35)32-49(54-52)56-46-24-11-8-21-39(46)43-29-28-42-38-20-7-10-23-45(38)55(50(42)51(43)56)37-18-5-2-6-19-37/h1-32H. The minimum absolute atomic E-state index is 0.645. The summed E-state index contributed by atoms with van der Waals surface area (Å²) in [5.74, 6) is 1.43. The van der Waals surface area contributed by atoms with Gasteiger partial charge in [0.25, 0.3) is 0 Å². The molecule has 0 aliphatic carbocycles. The van der Waals surface area contributed by atoms with E-state index in [9.17, 15) is 0 Å². The molecule has 0 aliphatic rings. The van der Waals surface area contributed by atoms with E-state index in [1.165, 1.54) is 10.8 Å². The van der Waals surface area contributed by atoms with Crippen LogP contribution in [0, 0.1) is 0 Å². The second-order valence-corrected chi connectivity index (χ2v) is 14.6. The van der Waals surface area contributed by atoms with Gasteiger partial charge >= 0.3 is 0 Å². The normalized spacial score (nSPS) is 11.9. The Bertz CT molecular complexity index is 3520. The Hall–Kier alpha value is -7.76. The summed E-state index contributed by atoms with van der Waals surface area (Å²) in [7, 11) is 0. The first-order chi connectivity index (χ1) is 28.3. The Labute approximate surface area is 327 Å². The van der Waals surface area contributed by atoms with E-state index in [0.717, 1.165) is 94.2 Å². The van der Waals surface area contributed by atoms with Crippen molar-refractivity contribution >= 4 is 65.6 Å². The first kappa shape index (κ1) is 31.6. The lowest BCUT2D eigenvalue weighted by atomic mass is 10.0. The maximum atomic E-state index is 6.39. The Balaban J connectivity index is 1.19. The van der Waals surface area contributed by atoms with Crippen molar-refractivity contribution in [1.29, 1.82) is 0 Å². The molecule has 0 bridgehead atoms. The van der Waals surface area contributed by atoms with Crippen LogP contribution in [0.15, 0.2) is 199 Å². The average Bonchev–Trinajstić information content (AvgIpc) is 3.94. The fourth-order valence-corrected chi connectivity index (χ4v) is 8.76. The summed E-state index contributed by atoms with van der Waals surface area (Å²) in [6, 6.07) is 68.3. The minimum Gasteiger partial charge on any atom is -0.456 e. The highest BCUT2D eigenvalue weighted by Gasteiger charge is 2.23. The molecular formula is C52H32N4O. The Morgan fingerprint density at radius 2 is 0.930 bits per heavy atom. The van der Waals surface area contributed by atoms with E-state index in [-0.39, 0.29) is 0 Å². The highest BCUT2D eigenvalue weighted by molar-refractivity contribution is 6.23. The van der Waals surface area contributed by atoms with Crippen LogP contribution in [0.25, 0.3) is 111 Å². The van der Waals surface area contributed by atoms with Crippen LogP contribution in [0.1, 0.15) is 0 Å². The number of rotatable bonds is 5. The summed E-state index contributed by atoms with van der Waals surface area (Å²) in [6.45, 7) is 0. The van der Waals surface area contributed by atoms with Crippen molar-refractivity contribution in [2.24, 2.45) is 0 Å². The van der Waals surface area contributed by atoms with Crippen LogP contribution >= 0.6 is 0 Å². The average molecular weight is 729 g/mol. The maximum absolute atomic E-state index is 6.39. The third-order valence-corrected chi connectivity index (χ3v) is 11.3. The van der Waals surface area contributed by atoms with Gasteiger partial charge in [-0.05, 0) is 59.7 Å². The van der Waals surface area contributed by atoms with E-state index in [1.807, 2.05) is 18.2 Å². The van der Waals surface area contributed by atoms with E-state index in [1.54, 1.807) is 0 Å². The monoisotopic (exact) mass is 728 g/mol. The third-order valence-electron chi connectivity index (χ3n) is 11.3. The van der Waals surface area contributed by atoms with Crippen molar-refractivity contribution in [3.05, 3.63) is 194 Å². The molecule has 0 aliphatic heterocycles. The Kier molecular flexibility index (Phi) is 6.86. The van der Waals surface area contributed by atoms with Gasteiger partial charge < -0.3 is 8.98 Å². The van der Waals surface area contributed by atoms with Crippen LogP contribution in [0.4, 0.5) is 0 Å². The van der Waals surface area contributed by atoms with Crippen molar-refractivity contribution in [1.82, 2.24) is 19.1 Å². The number of para-hydroxylation sites is 4. The number of benzene rings is 8. The second-order valence-electron chi connectivity index (χ2n) is 14.6. The smallest absolute Gasteiger partial charge is 0.162 e. The van der Waals surface area contributed by atoms with Crippen LogP contribution in [0.3, 0.4) is 0 Å². The number of nitrogens with zero attached hydrogens (tertiary/aromatic N) is 4. The van der Waals surface area contributed by atoms with Gasteiger partial charge in [-0.25, -0.2) is 9.97 Å². The largest absolute Gasteiger partial charge is 0.456 e. The summed E-state index contributed by atoms with van der Waals surface area (Å²) in [6.07, 6.45) is 0. The molecule has 0 saturated heterocycles. The molecule has 12 rings (SSSR count). The van der Waals surface area contributed by atoms with Gasteiger partial charge in [0.05, 0.1) is 27.8 Å². The van der Waals surface area contributed by atoms with Gasteiger partial charge in [0.2, 0.25) is 0 Å². The molecule has 0 N–H and O–H groups in total. The summed E-state index contributed by atoms with van der Waals surface area (Å²) < 4.78 is 11.1. The maximum Gasteiger partial charge on any atom is 0.162 e. The van der Waals surface area contributed by atoms with Crippen LogP contribution in [-0.4, -0.2) is 19.1 Å². The molecule has 0 spiro atoms. The lowest BCUT2D eigenvalue weighted by Crippen LogP contribution is -2.04. The molecule has 4 heterocycles. The quantitative estimate of drug-likeness (QED) is 0.177. The zero-order valence-corrected chi connectivity index (χ0v) is 30.7. The van der Waals surface area contributed by atoms with Crippen LogP contribution in [0.5, 0.6) is 0 Å². The summed E-state index contributed by atoms with van der Waals surface area (Å²) in [5, 5.41) is 6.90. The topological polar surface area (TPSA) is 48.8 Å². The molecule has 0 unspecified atom stereocenters. The van der Waals surface area contributed by atoms with E-state index in [0.29, 0.717) is 5.82 Å². The van der Waals surface area contributed by atoms with Gasteiger partial charge in [-0.3, -0.25) is 4.57 Å². The van der Waals surface area contributed by atoms with E-state index < -0.39 is 0 Å². The van der Waals surface area contributed by atoms with E-state index in [2.05, 4.69) is 185 Å². The summed E-state index contributed by atoms with van der Waals surface area (Å²) >= 11 is 0. The molecule has 0 fully saturated rings. The first-order valence-electron chi connectivity index (χ1n) is 19.2. The number of aromatic nitrogens is 4. The summed E-state index contributed by atoms with van der Waals surface area (Å²) in [4.78, 5) is 10.8. The van der Waals surface area contributed by atoms with Crippen LogP contribution in [-0.2, 0) is 0 Å². The number of hydrogen-bond donors (Lipinski definition) is 0. The number of hydrogen-bond acceptors (Lipinski definition) is 3. The molecule has 4 aromatic heterocycles. The van der Waals surface area contributed by atoms with Gasteiger partial charge in [0.15, 0.2) is 5.82 Å². The molecule has 0 radical (unpaired) electrons. The summed E-state index contributed by atoms with van der Waals surface area (Å²) in [5.41, 5.74) is 12.2. The van der Waals surface area contributed by atoms with Gasteiger partial charge in [-0.15, -0.1) is 0 Å². The fraction of sp³-hybridized carbons (Fsp3) is 0. The van der Waals surface area contributed by atoms with Crippen molar-refractivity contribution in [3.63, 3.8) is 0 Å².